The van der Waals surface area contributed by atoms with Crippen molar-refractivity contribution in [2.45, 2.75) is 13.5 Å². The molecule has 0 aliphatic carbocycles. The molecule has 23 heavy (non-hydrogen) atoms. The fourth-order valence-electron chi connectivity index (χ4n) is 2.51. The maximum Gasteiger partial charge on any atom is 0.129 e. The number of nitriles is 1. The topological polar surface area (TPSA) is 90.4 Å². The molecular formula is C17H16N6. The van der Waals surface area contributed by atoms with E-state index in [0.717, 1.165) is 27.8 Å². The van der Waals surface area contributed by atoms with Gasteiger partial charge in [-0.15, -0.1) is 0 Å². The molecule has 1 aromatic carbocycles. The molecule has 0 saturated heterocycles. The minimum absolute atomic E-state index is 0.488. The van der Waals surface area contributed by atoms with E-state index < -0.39 is 0 Å². The maximum absolute atomic E-state index is 9.10. The number of nitrogens with zero attached hydrogens (tertiary/aromatic N) is 4. The highest BCUT2D eigenvalue weighted by atomic mass is 15.1. The van der Waals surface area contributed by atoms with Crippen LogP contribution in [0.5, 0.6) is 0 Å². The summed E-state index contributed by atoms with van der Waals surface area (Å²) in [6, 6.07) is 7.64. The Morgan fingerprint density at radius 1 is 1.43 bits per heavy atom. The zero-order valence-corrected chi connectivity index (χ0v) is 13.0. The third-order valence-corrected chi connectivity index (χ3v) is 3.63. The highest BCUT2D eigenvalue weighted by molar-refractivity contribution is 6.02. The van der Waals surface area contributed by atoms with Gasteiger partial charge < -0.3 is 15.3 Å². The molecule has 0 unspecified atom stereocenters. The van der Waals surface area contributed by atoms with Crippen molar-refractivity contribution in [3.05, 3.63) is 48.1 Å². The number of hydrogen-bond acceptors (Lipinski definition) is 5. The number of nitrogens with one attached hydrogen (secondary N) is 2. The van der Waals surface area contributed by atoms with Gasteiger partial charge in [-0.25, -0.2) is 4.98 Å². The van der Waals surface area contributed by atoms with E-state index in [0.29, 0.717) is 17.8 Å². The molecule has 2 N–H and O–H groups in total. The average molecular weight is 304 g/mol. The molecule has 3 aromatic rings. The SMILES string of the molecule is CC(=N)/C=C\NCc1nc2cnc3ccc(C#N)cc3c2n1C. The lowest BCUT2D eigenvalue weighted by molar-refractivity contribution is 0.745. The lowest BCUT2D eigenvalue weighted by atomic mass is 10.1. The van der Waals surface area contributed by atoms with E-state index in [2.05, 4.69) is 21.4 Å². The fraction of sp³-hybridized carbons (Fsp3) is 0.176. The van der Waals surface area contributed by atoms with Crippen molar-refractivity contribution in [1.82, 2.24) is 19.9 Å². The summed E-state index contributed by atoms with van der Waals surface area (Å²) in [6.45, 7) is 2.27. The van der Waals surface area contributed by atoms with Gasteiger partial charge in [0.15, 0.2) is 0 Å². The van der Waals surface area contributed by atoms with Gasteiger partial charge in [0.25, 0.3) is 0 Å². The van der Waals surface area contributed by atoms with E-state index in [1.54, 1.807) is 31.5 Å². The minimum Gasteiger partial charge on any atom is -0.384 e. The van der Waals surface area contributed by atoms with Gasteiger partial charge in [-0.05, 0) is 37.4 Å². The van der Waals surface area contributed by atoms with Gasteiger partial charge in [0.1, 0.15) is 11.3 Å². The molecular weight excluding hydrogens is 288 g/mol. The number of fused-ring (bicyclic) bond motifs is 3. The van der Waals surface area contributed by atoms with Gasteiger partial charge >= 0.3 is 0 Å². The molecule has 114 valence electrons. The quantitative estimate of drug-likeness (QED) is 0.725. The van der Waals surface area contributed by atoms with E-state index >= 15 is 0 Å². The Labute approximate surface area is 133 Å². The first-order valence-corrected chi connectivity index (χ1v) is 7.19. The summed E-state index contributed by atoms with van der Waals surface area (Å²) in [6.07, 6.45) is 5.19. The highest BCUT2D eigenvalue weighted by Crippen LogP contribution is 2.24. The van der Waals surface area contributed by atoms with Crippen LogP contribution in [-0.2, 0) is 13.6 Å². The Hall–Kier alpha value is -3.20. The first kappa shape index (κ1) is 14.7. The standard InChI is InChI=1S/C17H16N6/c1-11(19)5-6-20-10-16-22-15-9-21-14-4-3-12(8-18)7-13(14)17(15)23(16)2/h3-7,9,19-20H,10H2,1-2H3/b6-5-,19-11?. The van der Waals surface area contributed by atoms with Gasteiger partial charge in [0.05, 0.1) is 35.4 Å². The first-order chi connectivity index (χ1) is 11.1. The van der Waals surface area contributed by atoms with Crippen molar-refractivity contribution in [1.29, 1.82) is 10.7 Å². The number of imidazole rings is 1. The molecule has 2 aromatic heterocycles. The third kappa shape index (κ3) is 2.77. The largest absolute Gasteiger partial charge is 0.384 e. The summed E-state index contributed by atoms with van der Waals surface area (Å²) < 4.78 is 2.01. The van der Waals surface area contributed by atoms with Crippen molar-refractivity contribution in [2.24, 2.45) is 7.05 Å². The maximum atomic E-state index is 9.10. The molecule has 0 fully saturated rings. The lowest BCUT2D eigenvalue weighted by Gasteiger charge is -2.04. The van der Waals surface area contributed by atoms with Crippen LogP contribution in [0.4, 0.5) is 0 Å². The van der Waals surface area contributed by atoms with Crippen molar-refractivity contribution < 1.29 is 0 Å². The van der Waals surface area contributed by atoms with Crippen LogP contribution in [0.1, 0.15) is 18.3 Å². The van der Waals surface area contributed by atoms with Crippen LogP contribution in [0, 0.1) is 16.7 Å². The molecule has 3 rings (SSSR count). The predicted octanol–water partition coefficient (Wildman–Crippen LogP) is 2.64. The highest BCUT2D eigenvalue weighted by Gasteiger charge is 2.11. The molecule has 0 aliphatic rings. The lowest BCUT2D eigenvalue weighted by Crippen LogP contribution is -2.10. The van der Waals surface area contributed by atoms with Crippen LogP contribution in [-0.4, -0.2) is 20.2 Å². The Morgan fingerprint density at radius 3 is 3.00 bits per heavy atom. The summed E-state index contributed by atoms with van der Waals surface area (Å²) in [7, 11) is 1.95. The number of aromatic nitrogens is 3. The Morgan fingerprint density at radius 2 is 2.26 bits per heavy atom. The fourth-order valence-corrected chi connectivity index (χ4v) is 2.51. The van der Waals surface area contributed by atoms with Crippen LogP contribution in [0.2, 0.25) is 0 Å². The van der Waals surface area contributed by atoms with Crippen LogP contribution < -0.4 is 5.32 Å². The number of benzene rings is 1. The monoisotopic (exact) mass is 304 g/mol. The number of aryl methyl sites for hydroxylation is 1. The van der Waals surface area contributed by atoms with Crippen molar-refractivity contribution in [3.63, 3.8) is 0 Å². The van der Waals surface area contributed by atoms with Gasteiger partial charge in [-0.2, -0.15) is 5.26 Å². The number of hydrogen-bond donors (Lipinski definition) is 2. The molecule has 0 amide bonds. The second kappa shape index (κ2) is 5.89. The minimum atomic E-state index is 0.488. The summed E-state index contributed by atoms with van der Waals surface area (Å²) in [5, 5.41) is 20.5. The normalized spacial score (nSPS) is 11.2. The third-order valence-electron chi connectivity index (χ3n) is 3.63. The van der Waals surface area contributed by atoms with Crippen molar-refractivity contribution in [3.8, 4) is 6.07 Å². The van der Waals surface area contributed by atoms with Crippen LogP contribution in [0.15, 0.2) is 36.7 Å². The molecule has 0 aliphatic heterocycles. The summed E-state index contributed by atoms with van der Waals surface area (Å²) in [5.74, 6) is 0.865. The molecule has 6 nitrogen and oxygen atoms in total. The molecule has 0 atom stereocenters. The van der Waals surface area contributed by atoms with E-state index in [9.17, 15) is 0 Å². The van der Waals surface area contributed by atoms with Crippen LogP contribution in [0.3, 0.4) is 0 Å². The molecule has 0 spiro atoms. The van der Waals surface area contributed by atoms with E-state index in [1.165, 1.54) is 0 Å². The van der Waals surface area contributed by atoms with E-state index in [-0.39, 0.29) is 0 Å². The van der Waals surface area contributed by atoms with Crippen molar-refractivity contribution >= 4 is 27.6 Å². The summed E-state index contributed by atoms with van der Waals surface area (Å²) in [5.41, 5.74) is 3.72. The summed E-state index contributed by atoms with van der Waals surface area (Å²) in [4.78, 5) is 9.01. The van der Waals surface area contributed by atoms with Crippen LogP contribution >= 0.6 is 0 Å². The molecule has 2 heterocycles. The Bertz CT molecular complexity index is 974. The van der Waals surface area contributed by atoms with Gasteiger partial charge in [0.2, 0.25) is 0 Å². The molecule has 6 heteroatoms. The zero-order chi connectivity index (χ0) is 16.4. The Balaban J connectivity index is 2.06. The Kier molecular flexibility index (Phi) is 3.77. The van der Waals surface area contributed by atoms with Gasteiger partial charge in [0, 0.05) is 18.1 Å². The second-order valence-corrected chi connectivity index (χ2v) is 5.32. The first-order valence-electron chi connectivity index (χ1n) is 7.19. The second-order valence-electron chi connectivity index (χ2n) is 5.32. The van der Waals surface area contributed by atoms with E-state index in [4.69, 9.17) is 10.7 Å². The smallest absolute Gasteiger partial charge is 0.129 e. The molecule has 0 saturated carbocycles. The van der Waals surface area contributed by atoms with E-state index in [1.807, 2.05) is 23.7 Å². The van der Waals surface area contributed by atoms with Gasteiger partial charge in [-0.3, -0.25) is 4.98 Å². The zero-order valence-electron chi connectivity index (χ0n) is 13.0. The predicted molar refractivity (Wildman–Crippen MR) is 90.1 cm³/mol. The molecule has 0 bridgehead atoms. The number of pyridine rings is 1. The number of allylic oxidation sites excluding steroid dienone is 1. The van der Waals surface area contributed by atoms with Gasteiger partial charge in [-0.1, -0.05) is 0 Å². The van der Waals surface area contributed by atoms with Crippen molar-refractivity contribution in [2.75, 3.05) is 0 Å². The summed E-state index contributed by atoms with van der Waals surface area (Å²) >= 11 is 0. The number of rotatable bonds is 4. The average Bonchev–Trinajstić information content (AvgIpc) is 2.87. The van der Waals surface area contributed by atoms with Crippen LogP contribution in [0.25, 0.3) is 21.9 Å². The molecule has 0 radical (unpaired) electrons.